The molecule has 4 N–H and O–H groups in total. The Bertz CT molecular complexity index is 1490. The molecule has 0 aliphatic carbocycles. The van der Waals surface area contributed by atoms with E-state index in [4.69, 9.17) is 18.9 Å². The molecule has 0 saturated heterocycles. The maximum atomic E-state index is 11.4. The van der Waals surface area contributed by atoms with E-state index in [-0.39, 0.29) is 40.4 Å². The van der Waals surface area contributed by atoms with Crippen LogP contribution in [0.1, 0.15) is 33.7 Å². The molecule has 1 unspecified atom stereocenters. The SMILES string of the molecule is COc1ccc(CCc2cc3c(c(O)c2OC)Oc2c(cc(O)c(O)c2OC)C3Cc2ccc(O)cc2)cc1. The van der Waals surface area contributed by atoms with Crippen molar-refractivity contribution in [2.75, 3.05) is 21.3 Å². The molecule has 1 aliphatic heterocycles. The maximum Gasteiger partial charge on any atom is 0.208 e. The molecule has 0 spiro atoms. The van der Waals surface area contributed by atoms with Gasteiger partial charge in [-0.25, -0.2) is 0 Å². The minimum absolute atomic E-state index is 0.0340. The van der Waals surface area contributed by atoms with Crippen LogP contribution in [0.15, 0.2) is 60.7 Å². The van der Waals surface area contributed by atoms with Gasteiger partial charge in [0.1, 0.15) is 11.5 Å². The van der Waals surface area contributed by atoms with E-state index >= 15 is 0 Å². The fraction of sp³-hybridized carbons (Fsp3) is 0.226. The normalized spacial score (nSPS) is 13.7. The van der Waals surface area contributed by atoms with E-state index in [0.717, 1.165) is 22.4 Å². The van der Waals surface area contributed by atoms with Crippen LogP contribution < -0.4 is 18.9 Å². The first kappa shape index (κ1) is 25.9. The van der Waals surface area contributed by atoms with Crippen LogP contribution in [-0.2, 0) is 19.3 Å². The second-order valence-corrected chi connectivity index (χ2v) is 9.41. The summed E-state index contributed by atoms with van der Waals surface area (Å²) < 4.78 is 22.4. The highest BCUT2D eigenvalue weighted by molar-refractivity contribution is 5.71. The van der Waals surface area contributed by atoms with Gasteiger partial charge in [-0.3, -0.25) is 0 Å². The van der Waals surface area contributed by atoms with Gasteiger partial charge in [-0.15, -0.1) is 0 Å². The molecule has 8 heteroatoms. The van der Waals surface area contributed by atoms with Crippen LogP contribution >= 0.6 is 0 Å². The number of rotatable bonds is 8. The zero-order valence-electron chi connectivity index (χ0n) is 21.9. The Morgan fingerprint density at radius 1 is 0.667 bits per heavy atom. The average molecular weight is 531 g/mol. The minimum atomic E-state index is -0.453. The molecule has 0 fully saturated rings. The summed E-state index contributed by atoms with van der Waals surface area (Å²) in [7, 11) is 4.49. The largest absolute Gasteiger partial charge is 0.508 e. The Kier molecular flexibility index (Phi) is 7.02. The second kappa shape index (κ2) is 10.6. The third-order valence-corrected chi connectivity index (χ3v) is 7.11. The Morgan fingerprint density at radius 2 is 1.31 bits per heavy atom. The molecule has 4 aromatic carbocycles. The molecule has 1 heterocycles. The molecular formula is C31H30O8. The van der Waals surface area contributed by atoms with Gasteiger partial charge in [-0.2, -0.15) is 0 Å². The lowest BCUT2D eigenvalue weighted by Crippen LogP contribution is -2.15. The smallest absolute Gasteiger partial charge is 0.208 e. The molecule has 1 aliphatic rings. The quantitative estimate of drug-likeness (QED) is 0.211. The third kappa shape index (κ3) is 4.81. The molecule has 0 amide bonds. The number of ether oxygens (including phenoxy) is 4. The number of benzene rings is 4. The number of methoxy groups -OCH3 is 3. The van der Waals surface area contributed by atoms with E-state index in [2.05, 4.69) is 0 Å². The predicted octanol–water partition coefficient (Wildman–Crippen LogP) is 5.80. The van der Waals surface area contributed by atoms with Crippen LogP contribution in [-0.4, -0.2) is 41.8 Å². The predicted molar refractivity (Wildman–Crippen MR) is 145 cm³/mol. The van der Waals surface area contributed by atoms with Crippen LogP contribution in [0.25, 0.3) is 0 Å². The number of hydrogen-bond donors (Lipinski definition) is 4. The summed E-state index contributed by atoms with van der Waals surface area (Å²) in [5, 5.41) is 42.1. The zero-order valence-corrected chi connectivity index (χ0v) is 21.9. The van der Waals surface area contributed by atoms with Gasteiger partial charge in [0, 0.05) is 17.0 Å². The minimum Gasteiger partial charge on any atom is -0.508 e. The van der Waals surface area contributed by atoms with E-state index in [0.29, 0.717) is 36.1 Å². The van der Waals surface area contributed by atoms with E-state index in [1.165, 1.54) is 20.3 Å². The van der Waals surface area contributed by atoms with Crippen molar-refractivity contribution >= 4 is 0 Å². The van der Waals surface area contributed by atoms with Gasteiger partial charge in [0.25, 0.3) is 0 Å². The number of hydrogen-bond acceptors (Lipinski definition) is 8. The summed E-state index contributed by atoms with van der Waals surface area (Å²) in [6, 6.07) is 18.1. The van der Waals surface area contributed by atoms with E-state index in [1.54, 1.807) is 19.2 Å². The topological polar surface area (TPSA) is 118 Å². The maximum absolute atomic E-state index is 11.4. The van der Waals surface area contributed by atoms with Crippen molar-refractivity contribution in [2.24, 2.45) is 0 Å². The first-order chi connectivity index (χ1) is 18.8. The summed E-state index contributed by atoms with van der Waals surface area (Å²) in [5.41, 5.74) is 4.10. The molecule has 39 heavy (non-hydrogen) atoms. The van der Waals surface area contributed by atoms with E-state index < -0.39 is 5.75 Å². The van der Waals surface area contributed by atoms with Gasteiger partial charge < -0.3 is 39.4 Å². The molecule has 0 bridgehead atoms. The highest BCUT2D eigenvalue weighted by Crippen LogP contribution is 2.58. The second-order valence-electron chi connectivity index (χ2n) is 9.41. The van der Waals surface area contributed by atoms with Crippen molar-refractivity contribution in [1.29, 1.82) is 0 Å². The van der Waals surface area contributed by atoms with Crippen LogP contribution in [0.4, 0.5) is 0 Å². The summed E-state index contributed by atoms with van der Waals surface area (Å²) in [4.78, 5) is 0. The molecule has 0 radical (unpaired) electrons. The Morgan fingerprint density at radius 3 is 1.95 bits per heavy atom. The molecule has 5 rings (SSSR count). The van der Waals surface area contributed by atoms with Gasteiger partial charge in [0.2, 0.25) is 17.2 Å². The Labute approximate surface area is 226 Å². The lowest BCUT2D eigenvalue weighted by Gasteiger charge is -2.31. The number of fused-ring (bicyclic) bond motifs is 2. The Hall–Kier alpha value is -4.72. The van der Waals surface area contributed by atoms with Gasteiger partial charge in [0.05, 0.1) is 21.3 Å². The molecule has 8 nitrogen and oxygen atoms in total. The Balaban J connectivity index is 1.62. The summed E-state index contributed by atoms with van der Waals surface area (Å²) in [5.74, 6) is 0.258. The first-order valence-electron chi connectivity index (χ1n) is 12.5. The van der Waals surface area contributed by atoms with Crippen molar-refractivity contribution in [1.82, 2.24) is 0 Å². The summed E-state index contributed by atoms with van der Waals surface area (Å²) >= 11 is 0. The summed E-state index contributed by atoms with van der Waals surface area (Å²) in [6.45, 7) is 0. The molecule has 1 atom stereocenters. The molecule has 0 saturated carbocycles. The lowest BCUT2D eigenvalue weighted by atomic mass is 9.81. The standard InChI is InChI=1S/C31H30O8/c1-36-21-12-7-17(8-13-21)4-9-19-15-23-22(14-18-5-10-20(32)11-6-18)24-16-25(33)26(34)31(38-3)30(24)39-29(23)27(35)28(19)37-2/h5-8,10-13,15-16,22,32-35H,4,9,14H2,1-3H3. The van der Waals surface area contributed by atoms with E-state index in [9.17, 15) is 20.4 Å². The van der Waals surface area contributed by atoms with Crippen molar-refractivity contribution in [2.45, 2.75) is 25.2 Å². The molecule has 4 aromatic rings. The van der Waals surface area contributed by atoms with Crippen LogP contribution in [0.2, 0.25) is 0 Å². The van der Waals surface area contributed by atoms with E-state index in [1.807, 2.05) is 42.5 Å². The van der Waals surface area contributed by atoms with Crippen molar-refractivity contribution in [3.8, 4) is 51.7 Å². The monoisotopic (exact) mass is 530 g/mol. The van der Waals surface area contributed by atoms with Gasteiger partial charge >= 0.3 is 0 Å². The average Bonchev–Trinajstić information content (AvgIpc) is 2.95. The fourth-order valence-corrected chi connectivity index (χ4v) is 5.11. The van der Waals surface area contributed by atoms with Crippen molar-refractivity contribution < 1.29 is 39.4 Å². The lowest BCUT2D eigenvalue weighted by molar-refractivity contribution is 0.313. The van der Waals surface area contributed by atoms with Crippen LogP contribution in [0.3, 0.4) is 0 Å². The van der Waals surface area contributed by atoms with Gasteiger partial charge in [-0.1, -0.05) is 24.3 Å². The highest BCUT2D eigenvalue weighted by atomic mass is 16.5. The van der Waals surface area contributed by atoms with Gasteiger partial charge in [0.15, 0.2) is 23.0 Å². The van der Waals surface area contributed by atoms with Gasteiger partial charge in [-0.05, 0) is 72.4 Å². The summed E-state index contributed by atoms with van der Waals surface area (Å²) in [6.07, 6.45) is 1.74. The molecule has 0 aromatic heterocycles. The van der Waals surface area contributed by atoms with Crippen LogP contribution in [0, 0.1) is 0 Å². The number of aromatic hydroxyl groups is 4. The fourth-order valence-electron chi connectivity index (χ4n) is 5.11. The molecular weight excluding hydrogens is 500 g/mol. The highest BCUT2D eigenvalue weighted by Gasteiger charge is 2.36. The first-order valence-corrected chi connectivity index (χ1v) is 12.5. The van der Waals surface area contributed by atoms with Crippen molar-refractivity contribution in [3.05, 3.63) is 88.5 Å². The third-order valence-electron chi connectivity index (χ3n) is 7.11. The number of phenolic OH excluding ortho intramolecular Hbond substituents is 4. The number of aryl methyl sites for hydroxylation is 2. The van der Waals surface area contributed by atoms with Crippen LogP contribution in [0.5, 0.6) is 51.7 Å². The number of phenols is 4. The van der Waals surface area contributed by atoms with Crippen molar-refractivity contribution in [3.63, 3.8) is 0 Å². The molecule has 202 valence electrons. The zero-order chi connectivity index (χ0) is 27.7.